The molecular weight excluding hydrogens is 690 g/mol. The van der Waals surface area contributed by atoms with Gasteiger partial charge in [0.2, 0.25) is 11.8 Å². The Hall–Kier alpha value is -6.51. The second kappa shape index (κ2) is 14.5. The number of hydrogen-bond acceptors (Lipinski definition) is 8. The third kappa shape index (κ3) is 7.38. The van der Waals surface area contributed by atoms with Gasteiger partial charge in [-0.25, -0.2) is 9.78 Å². The van der Waals surface area contributed by atoms with E-state index >= 15 is 0 Å². The molecule has 15 heteroatoms. The smallest absolute Gasteiger partial charge is 0.324 e. The van der Waals surface area contributed by atoms with Gasteiger partial charge in [-0.15, -0.1) is 0 Å². The van der Waals surface area contributed by atoms with Gasteiger partial charge >= 0.3 is 6.03 Å². The predicted molar refractivity (Wildman–Crippen MR) is 201 cm³/mol. The number of urea groups is 1. The zero-order valence-electron chi connectivity index (χ0n) is 30.4. The Kier molecular flexibility index (Phi) is 9.62. The van der Waals surface area contributed by atoms with Crippen LogP contribution in [0.15, 0.2) is 73.1 Å². The predicted octanol–water partition coefficient (Wildman–Crippen LogP) is 5.64. The van der Waals surface area contributed by atoms with Gasteiger partial charge in [-0.2, -0.15) is 5.10 Å². The Morgan fingerprint density at radius 3 is 2.52 bits per heavy atom. The minimum atomic E-state index is -0.834. The fourth-order valence-electron chi connectivity index (χ4n) is 6.62. The summed E-state index contributed by atoms with van der Waals surface area (Å²) in [5, 5.41) is 18.0. The molecule has 4 heterocycles. The summed E-state index contributed by atoms with van der Waals surface area (Å²) in [5.74, 6) is -0.570. The summed E-state index contributed by atoms with van der Waals surface area (Å²) in [6, 6.07) is 18.5. The zero-order valence-corrected chi connectivity index (χ0v) is 30.4. The fourth-order valence-corrected chi connectivity index (χ4v) is 6.62. The van der Waals surface area contributed by atoms with Crippen molar-refractivity contribution in [2.45, 2.75) is 77.5 Å². The number of amides is 6. The fraction of sp³-hybridized carbons (Fsp3) is 0.308. The van der Waals surface area contributed by atoms with Crippen molar-refractivity contribution in [2.75, 3.05) is 16.0 Å². The molecule has 0 spiro atoms. The highest BCUT2D eigenvalue weighted by molar-refractivity contribution is 6.07. The molecule has 3 aromatic carbocycles. The maximum atomic E-state index is 13.6. The van der Waals surface area contributed by atoms with Gasteiger partial charge in [-0.05, 0) is 61.4 Å². The number of imidazole rings is 1. The van der Waals surface area contributed by atoms with Crippen LogP contribution in [0, 0.1) is 0 Å². The van der Waals surface area contributed by atoms with E-state index in [9.17, 15) is 24.0 Å². The van der Waals surface area contributed by atoms with Crippen LogP contribution in [-0.2, 0) is 26.3 Å². The molecule has 2 aliphatic rings. The molecule has 0 aliphatic carbocycles. The first-order chi connectivity index (χ1) is 25.9. The van der Waals surface area contributed by atoms with Crippen LogP contribution < -0.4 is 26.0 Å². The Morgan fingerprint density at radius 2 is 1.80 bits per heavy atom. The van der Waals surface area contributed by atoms with Crippen LogP contribution in [0.4, 0.5) is 22.0 Å². The van der Waals surface area contributed by atoms with Crippen LogP contribution in [0.3, 0.4) is 0 Å². The largest absolute Gasteiger partial charge is 0.481 e. The van der Waals surface area contributed by atoms with Crippen molar-refractivity contribution in [3.8, 4) is 11.4 Å². The Bertz CT molecular complexity index is 2270. The Labute approximate surface area is 310 Å². The molecule has 2 unspecified atom stereocenters. The standard InChI is InChI=1S/C39H41N9O6/c1-5-7-31(36(51)42-27-9-6-8-25-26(27)20-47(37(25)52)30-16-17-34(49)44-35(30)50)54-24-14-15-29-28(18-24)40-21-48(29)23-12-10-22(11-13-23)41-38(53)43-33-19-32(45-46-33)39(2,3)4/h6,8-15,18-19,21,30-31H,5,7,16-17,20H2,1-4H3,(H,42,51)(H,44,49,50)(H3,41,43,45,46,53). The molecule has 2 aromatic heterocycles. The first-order valence-electron chi connectivity index (χ1n) is 17.8. The molecular formula is C39H41N9O6. The number of aromatic nitrogens is 4. The van der Waals surface area contributed by atoms with Gasteiger partial charge in [0.1, 0.15) is 23.9 Å². The summed E-state index contributed by atoms with van der Waals surface area (Å²) in [6.45, 7) is 8.22. The summed E-state index contributed by atoms with van der Waals surface area (Å²) in [5.41, 5.74) is 5.08. The lowest BCUT2D eigenvalue weighted by Gasteiger charge is -2.29. The van der Waals surface area contributed by atoms with E-state index in [-0.39, 0.29) is 42.5 Å². The second-order valence-electron chi connectivity index (χ2n) is 14.4. The van der Waals surface area contributed by atoms with Crippen LogP contribution in [0.5, 0.6) is 5.75 Å². The van der Waals surface area contributed by atoms with E-state index in [0.29, 0.717) is 52.4 Å². The monoisotopic (exact) mass is 731 g/mol. The van der Waals surface area contributed by atoms with Gasteiger partial charge in [0.15, 0.2) is 6.10 Å². The van der Waals surface area contributed by atoms with Gasteiger partial charge in [-0.1, -0.05) is 40.2 Å². The van der Waals surface area contributed by atoms with Crippen LogP contribution in [0.25, 0.3) is 16.7 Å². The zero-order chi connectivity index (χ0) is 38.1. The number of nitrogens with zero attached hydrogens (tertiary/aromatic N) is 4. The van der Waals surface area contributed by atoms with E-state index in [1.54, 1.807) is 48.8 Å². The lowest BCUT2D eigenvalue weighted by atomic mass is 9.92. The number of benzene rings is 3. The summed E-state index contributed by atoms with van der Waals surface area (Å²) in [4.78, 5) is 69.7. The third-order valence-electron chi connectivity index (χ3n) is 9.48. The molecule has 1 saturated heterocycles. The average molecular weight is 732 g/mol. The van der Waals surface area contributed by atoms with E-state index in [4.69, 9.17) is 4.74 Å². The minimum absolute atomic E-state index is 0.134. The number of fused-ring (bicyclic) bond motifs is 2. The third-order valence-corrected chi connectivity index (χ3v) is 9.48. The number of rotatable bonds is 10. The van der Waals surface area contributed by atoms with E-state index < -0.39 is 24.1 Å². The highest BCUT2D eigenvalue weighted by Crippen LogP contribution is 2.33. The van der Waals surface area contributed by atoms with Crippen molar-refractivity contribution in [3.63, 3.8) is 0 Å². The normalized spacial score (nSPS) is 16.2. The van der Waals surface area contributed by atoms with Crippen LogP contribution >= 0.6 is 0 Å². The quantitative estimate of drug-likeness (QED) is 0.114. The number of ether oxygens (including phenoxy) is 1. The molecule has 5 aromatic rings. The highest BCUT2D eigenvalue weighted by atomic mass is 16.5. The molecule has 2 aliphatic heterocycles. The molecule has 2 atom stereocenters. The first kappa shape index (κ1) is 35.9. The number of nitrogens with one attached hydrogen (secondary N) is 5. The summed E-state index contributed by atoms with van der Waals surface area (Å²) < 4.78 is 8.14. The molecule has 54 heavy (non-hydrogen) atoms. The van der Waals surface area contributed by atoms with Gasteiger partial charge in [0.05, 0.1) is 16.7 Å². The Balaban J connectivity index is 0.999. The number of aromatic amines is 1. The molecule has 15 nitrogen and oxygen atoms in total. The SMILES string of the molecule is CCCC(Oc1ccc2c(c1)ncn2-c1ccc(NC(=O)Nc2cc(C(C)(C)C)n[nH]2)cc1)C(=O)Nc1cccc2c1CN(C1CCC(=O)NC1=O)C2=O. The van der Waals surface area contributed by atoms with Gasteiger partial charge in [0, 0.05) is 58.7 Å². The maximum Gasteiger partial charge on any atom is 0.324 e. The molecule has 0 bridgehead atoms. The minimum Gasteiger partial charge on any atom is -0.481 e. The number of anilines is 3. The second-order valence-corrected chi connectivity index (χ2v) is 14.4. The van der Waals surface area contributed by atoms with Crippen molar-refractivity contribution < 1.29 is 28.7 Å². The van der Waals surface area contributed by atoms with Crippen LogP contribution in [0.1, 0.15) is 75.0 Å². The lowest BCUT2D eigenvalue weighted by Crippen LogP contribution is -2.52. The first-order valence-corrected chi connectivity index (χ1v) is 17.8. The summed E-state index contributed by atoms with van der Waals surface area (Å²) >= 11 is 0. The molecule has 6 amide bonds. The van der Waals surface area contributed by atoms with Gasteiger partial charge < -0.3 is 20.3 Å². The topological polar surface area (TPSA) is 192 Å². The van der Waals surface area contributed by atoms with Gasteiger partial charge in [-0.3, -0.25) is 39.5 Å². The van der Waals surface area contributed by atoms with Crippen molar-refractivity contribution in [1.82, 2.24) is 30.0 Å². The molecule has 7 rings (SSSR count). The molecule has 1 fully saturated rings. The lowest BCUT2D eigenvalue weighted by molar-refractivity contribution is -0.137. The van der Waals surface area contributed by atoms with Crippen molar-refractivity contribution in [1.29, 1.82) is 0 Å². The number of imide groups is 1. The summed E-state index contributed by atoms with van der Waals surface area (Å²) in [6.07, 6.45) is 2.38. The number of hydrogen-bond donors (Lipinski definition) is 5. The highest BCUT2D eigenvalue weighted by Gasteiger charge is 2.40. The maximum absolute atomic E-state index is 13.6. The van der Waals surface area contributed by atoms with E-state index in [1.807, 2.05) is 56.5 Å². The molecule has 278 valence electrons. The van der Waals surface area contributed by atoms with Crippen molar-refractivity contribution >= 4 is 57.9 Å². The number of piperidine rings is 1. The number of carbonyl (C=O) groups excluding carboxylic acids is 5. The molecule has 0 radical (unpaired) electrons. The van der Waals surface area contributed by atoms with Crippen molar-refractivity contribution in [3.05, 3.63) is 89.9 Å². The van der Waals surface area contributed by atoms with Crippen LogP contribution in [-0.4, -0.2) is 66.5 Å². The molecule has 5 N–H and O–H groups in total. The van der Waals surface area contributed by atoms with E-state index in [1.165, 1.54) is 4.90 Å². The Morgan fingerprint density at radius 1 is 1.00 bits per heavy atom. The van der Waals surface area contributed by atoms with E-state index in [2.05, 4.69) is 36.4 Å². The molecule has 0 saturated carbocycles. The van der Waals surface area contributed by atoms with Gasteiger partial charge in [0.25, 0.3) is 11.8 Å². The summed E-state index contributed by atoms with van der Waals surface area (Å²) in [7, 11) is 0. The number of H-pyrrole nitrogens is 1. The van der Waals surface area contributed by atoms with E-state index in [0.717, 1.165) is 16.9 Å². The average Bonchev–Trinajstić information content (AvgIpc) is 3.86. The van der Waals surface area contributed by atoms with Crippen LogP contribution in [0.2, 0.25) is 0 Å². The van der Waals surface area contributed by atoms with Crippen molar-refractivity contribution in [2.24, 2.45) is 0 Å². The number of carbonyl (C=O) groups is 5.